The molecular formula is C22H19ClN8O2. The van der Waals surface area contributed by atoms with Crippen LogP contribution in [0.3, 0.4) is 0 Å². The molecule has 0 spiro atoms. The molecule has 166 valence electrons. The van der Waals surface area contributed by atoms with Gasteiger partial charge in [-0.15, -0.1) is 10.2 Å². The maximum Gasteiger partial charge on any atom is 0.292 e. The third-order valence-corrected chi connectivity index (χ3v) is 5.90. The molecule has 3 heterocycles. The van der Waals surface area contributed by atoms with Crippen molar-refractivity contribution in [1.29, 1.82) is 0 Å². The van der Waals surface area contributed by atoms with Gasteiger partial charge in [-0.25, -0.2) is 0 Å². The molecule has 10 nitrogen and oxygen atoms in total. The minimum absolute atomic E-state index is 0.0574. The molecule has 1 fully saturated rings. The Labute approximate surface area is 193 Å². The fourth-order valence-electron chi connectivity index (χ4n) is 3.78. The Morgan fingerprint density at radius 2 is 1.70 bits per heavy atom. The number of carbonyl (C=O) groups is 1. The summed E-state index contributed by atoms with van der Waals surface area (Å²) in [7, 11) is 0. The van der Waals surface area contributed by atoms with E-state index in [1.54, 1.807) is 47.5 Å². The Bertz CT molecular complexity index is 1320. The first-order valence-corrected chi connectivity index (χ1v) is 10.7. The smallest absolute Gasteiger partial charge is 0.292 e. The summed E-state index contributed by atoms with van der Waals surface area (Å²) in [5.74, 6) is 0.417. The van der Waals surface area contributed by atoms with Crippen molar-refractivity contribution in [1.82, 2.24) is 35.3 Å². The molecule has 1 N–H and O–H groups in total. The van der Waals surface area contributed by atoms with Crippen LogP contribution in [-0.4, -0.2) is 67.4 Å². The lowest BCUT2D eigenvalue weighted by molar-refractivity contribution is 0.0747. The van der Waals surface area contributed by atoms with Gasteiger partial charge >= 0.3 is 0 Å². The predicted molar refractivity (Wildman–Crippen MR) is 123 cm³/mol. The van der Waals surface area contributed by atoms with Crippen molar-refractivity contribution in [2.75, 3.05) is 31.1 Å². The Morgan fingerprint density at radius 3 is 2.36 bits per heavy atom. The van der Waals surface area contributed by atoms with Crippen molar-refractivity contribution in [2.24, 2.45) is 0 Å². The van der Waals surface area contributed by atoms with Gasteiger partial charge in [0, 0.05) is 37.3 Å². The van der Waals surface area contributed by atoms with Crippen molar-refractivity contribution in [2.45, 2.75) is 0 Å². The number of piperazine rings is 1. The minimum Gasteiger partial charge on any atom is -0.365 e. The van der Waals surface area contributed by atoms with Crippen LogP contribution in [0.4, 0.5) is 5.69 Å². The quantitative estimate of drug-likeness (QED) is 0.493. The second-order valence-corrected chi connectivity index (χ2v) is 7.87. The average molecular weight is 463 g/mol. The monoisotopic (exact) mass is 462 g/mol. The Balaban J connectivity index is 1.27. The Morgan fingerprint density at radius 1 is 0.970 bits per heavy atom. The third kappa shape index (κ3) is 4.08. The van der Waals surface area contributed by atoms with E-state index in [-0.39, 0.29) is 16.5 Å². The number of amides is 1. The summed E-state index contributed by atoms with van der Waals surface area (Å²) in [5.41, 5.74) is 2.21. The second-order valence-electron chi connectivity index (χ2n) is 7.49. The highest BCUT2D eigenvalue weighted by atomic mass is 35.5. The summed E-state index contributed by atoms with van der Waals surface area (Å²) in [6.07, 6.45) is 1.60. The number of H-pyrrole nitrogens is 1. The van der Waals surface area contributed by atoms with E-state index in [0.717, 1.165) is 5.56 Å². The van der Waals surface area contributed by atoms with E-state index < -0.39 is 0 Å². The van der Waals surface area contributed by atoms with Crippen molar-refractivity contribution < 1.29 is 4.79 Å². The number of rotatable bonds is 4. The van der Waals surface area contributed by atoms with Gasteiger partial charge in [-0.1, -0.05) is 41.9 Å². The van der Waals surface area contributed by atoms with E-state index in [4.69, 9.17) is 11.6 Å². The lowest BCUT2D eigenvalue weighted by Crippen LogP contribution is -2.49. The number of tetrazole rings is 1. The van der Waals surface area contributed by atoms with Crippen LogP contribution in [0.2, 0.25) is 5.02 Å². The molecule has 1 aliphatic rings. The largest absolute Gasteiger partial charge is 0.365 e. The molecule has 2 aromatic carbocycles. The molecule has 1 aliphatic heterocycles. The van der Waals surface area contributed by atoms with Gasteiger partial charge in [-0.3, -0.25) is 9.59 Å². The summed E-state index contributed by atoms with van der Waals surface area (Å²) >= 11 is 6.42. The van der Waals surface area contributed by atoms with Crippen LogP contribution >= 0.6 is 11.6 Å². The van der Waals surface area contributed by atoms with E-state index in [1.165, 1.54) is 4.68 Å². The fourth-order valence-corrected chi connectivity index (χ4v) is 4.03. The van der Waals surface area contributed by atoms with Crippen LogP contribution in [0.25, 0.3) is 17.1 Å². The third-order valence-electron chi connectivity index (χ3n) is 5.54. The second kappa shape index (κ2) is 8.83. The van der Waals surface area contributed by atoms with Crippen molar-refractivity contribution in [3.05, 3.63) is 81.7 Å². The zero-order chi connectivity index (χ0) is 22.8. The van der Waals surface area contributed by atoms with Crippen LogP contribution in [0.1, 0.15) is 10.4 Å². The normalized spacial score (nSPS) is 13.8. The molecule has 33 heavy (non-hydrogen) atoms. The van der Waals surface area contributed by atoms with Crippen molar-refractivity contribution in [3.63, 3.8) is 0 Å². The molecule has 1 amide bonds. The molecule has 0 atom stereocenters. The van der Waals surface area contributed by atoms with Crippen LogP contribution in [0.5, 0.6) is 0 Å². The topological polar surface area (TPSA) is 113 Å². The standard InChI is InChI=1S/C22H19ClN8O2/c23-19-18(14-24-31(22(19)33)17-4-2-1-3-5-17)29-10-12-30(13-11-29)21(32)16-8-6-15(7-9-16)20-25-27-28-26-20/h1-9,14H,10-13H2,(H,25,26,27,28). The van der Waals surface area contributed by atoms with Crippen molar-refractivity contribution in [3.8, 4) is 17.1 Å². The first-order valence-electron chi connectivity index (χ1n) is 10.3. The van der Waals surface area contributed by atoms with Crippen LogP contribution in [-0.2, 0) is 0 Å². The SMILES string of the molecule is O=C(c1ccc(-c2nn[nH]n2)cc1)N1CCN(c2cnn(-c3ccccc3)c(=O)c2Cl)CC1. The molecule has 4 aromatic rings. The molecule has 0 saturated carbocycles. The summed E-state index contributed by atoms with van der Waals surface area (Å²) in [6, 6.07) is 16.2. The van der Waals surface area contributed by atoms with E-state index >= 15 is 0 Å². The number of benzene rings is 2. The maximum absolute atomic E-state index is 12.9. The Hall–Kier alpha value is -4.05. The highest BCUT2D eigenvalue weighted by Crippen LogP contribution is 2.24. The average Bonchev–Trinajstić information content (AvgIpc) is 3.41. The van der Waals surface area contributed by atoms with Crippen LogP contribution in [0, 0.1) is 0 Å². The van der Waals surface area contributed by atoms with E-state index in [2.05, 4.69) is 25.7 Å². The zero-order valence-electron chi connectivity index (χ0n) is 17.4. The van der Waals surface area contributed by atoms with Gasteiger partial charge in [-0.2, -0.15) is 15.0 Å². The number of para-hydroxylation sites is 1. The van der Waals surface area contributed by atoms with Gasteiger partial charge < -0.3 is 9.80 Å². The van der Waals surface area contributed by atoms with E-state index in [0.29, 0.717) is 48.9 Å². The van der Waals surface area contributed by atoms with Gasteiger partial charge in [0.15, 0.2) is 0 Å². The molecule has 0 aliphatic carbocycles. The van der Waals surface area contributed by atoms with Gasteiger partial charge in [0.2, 0.25) is 5.82 Å². The highest BCUT2D eigenvalue weighted by molar-refractivity contribution is 6.33. The minimum atomic E-state index is -0.374. The number of halogens is 1. The lowest BCUT2D eigenvalue weighted by atomic mass is 10.1. The first-order chi connectivity index (χ1) is 16.1. The van der Waals surface area contributed by atoms with E-state index in [9.17, 15) is 9.59 Å². The summed E-state index contributed by atoms with van der Waals surface area (Å²) < 4.78 is 1.28. The molecule has 5 rings (SSSR count). The summed E-state index contributed by atoms with van der Waals surface area (Å²) in [4.78, 5) is 29.5. The summed E-state index contributed by atoms with van der Waals surface area (Å²) in [6.45, 7) is 2.10. The number of anilines is 1. The Kier molecular flexibility index (Phi) is 5.57. The van der Waals surface area contributed by atoms with Gasteiger partial charge in [0.05, 0.1) is 17.6 Å². The number of carbonyl (C=O) groups excluding carboxylic acids is 1. The maximum atomic E-state index is 12.9. The number of nitrogens with zero attached hydrogens (tertiary/aromatic N) is 7. The fraction of sp³-hybridized carbons (Fsp3) is 0.182. The number of nitrogens with one attached hydrogen (secondary N) is 1. The number of hydrogen-bond donors (Lipinski definition) is 1. The molecule has 0 unspecified atom stereocenters. The number of hydrogen-bond acceptors (Lipinski definition) is 7. The molecular weight excluding hydrogens is 444 g/mol. The first kappa shape index (κ1) is 20.8. The highest BCUT2D eigenvalue weighted by Gasteiger charge is 2.25. The van der Waals surface area contributed by atoms with Crippen LogP contribution in [0.15, 0.2) is 65.6 Å². The molecule has 0 bridgehead atoms. The number of aromatic amines is 1. The van der Waals surface area contributed by atoms with E-state index in [1.807, 2.05) is 23.1 Å². The van der Waals surface area contributed by atoms with Crippen LogP contribution < -0.4 is 10.5 Å². The lowest BCUT2D eigenvalue weighted by Gasteiger charge is -2.36. The number of aromatic nitrogens is 6. The van der Waals surface area contributed by atoms with Gasteiger partial charge in [-0.05, 0) is 29.5 Å². The van der Waals surface area contributed by atoms with Gasteiger partial charge in [0.25, 0.3) is 11.5 Å². The molecule has 0 radical (unpaired) electrons. The predicted octanol–water partition coefficient (Wildman–Crippen LogP) is 2.03. The zero-order valence-corrected chi connectivity index (χ0v) is 18.2. The molecule has 1 saturated heterocycles. The summed E-state index contributed by atoms with van der Waals surface area (Å²) in [5, 5.41) is 18.2. The van der Waals surface area contributed by atoms with Crippen molar-refractivity contribution >= 4 is 23.2 Å². The van der Waals surface area contributed by atoms with Gasteiger partial charge in [0.1, 0.15) is 5.02 Å². The molecule has 2 aromatic heterocycles. The molecule has 11 heteroatoms.